The molecule has 146 valence electrons. The number of rotatable bonds is 8. The van der Waals surface area contributed by atoms with Crippen LogP contribution in [0.1, 0.15) is 25.8 Å². The molecule has 0 aliphatic heterocycles. The van der Waals surface area contributed by atoms with Crippen LogP contribution in [0.25, 0.3) is 0 Å². The number of carbonyl (C=O) groups is 1. The van der Waals surface area contributed by atoms with Crippen molar-refractivity contribution in [3.63, 3.8) is 0 Å². The molecular weight excluding hydrogens is 367 g/mol. The van der Waals surface area contributed by atoms with Gasteiger partial charge in [-0.3, -0.25) is 9.10 Å². The van der Waals surface area contributed by atoms with Crippen LogP contribution in [0.5, 0.6) is 0 Å². The van der Waals surface area contributed by atoms with E-state index in [1.54, 1.807) is 0 Å². The Morgan fingerprint density at radius 2 is 1.67 bits per heavy atom. The molecule has 0 saturated carbocycles. The van der Waals surface area contributed by atoms with E-state index in [4.69, 9.17) is 0 Å². The largest absolute Gasteiger partial charge is 0.352 e. The maximum absolute atomic E-state index is 13.2. The van der Waals surface area contributed by atoms with E-state index < -0.39 is 27.8 Å². The molecule has 1 amide bonds. The van der Waals surface area contributed by atoms with E-state index in [9.17, 15) is 17.6 Å². The van der Waals surface area contributed by atoms with E-state index in [0.29, 0.717) is 0 Å². The van der Waals surface area contributed by atoms with Gasteiger partial charge in [0.15, 0.2) is 0 Å². The van der Waals surface area contributed by atoms with Crippen molar-refractivity contribution in [2.75, 3.05) is 10.6 Å². The molecule has 2 rings (SSSR count). The molecule has 0 aliphatic rings. The van der Waals surface area contributed by atoms with Crippen molar-refractivity contribution < 1.29 is 17.6 Å². The summed E-state index contributed by atoms with van der Waals surface area (Å²) >= 11 is 0. The molecule has 0 saturated heterocycles. The lowest BCUT2D eigenvalue weighted by atomic mass is 10.1. The summed E-state index contributed by atoms with van der Waals surface area (Å²) in [7, 11) is -3.72. The Bertz CT molecular complexity index is 855. The van der Waals surface area contributed by atoms with E-state index in [1.165, 1.54) is 36.8 Å². The van der Waals surface area contributed by atoms with Gasteiger partial charge in [-0.1, -0.05) is 30.3 Å². The van der Waals surface area contributed by atoms with Gasteiger partial charge in [-0.25, -0.2) is 12.8 Å². The van der Waals surface area contributed by atoms with Crippen LogP contribution in [-0.2, 0) is 21.2 Å². The summed E-state index contributed by atoms with van der Waals surface area (Å²) < 4.78 is 38.6. The Hall–Kier alpha value is -2.41. The average molecular weight is 392 g/mol. The third-order valence-electron chi connectivity index (χ3n) is 4.27. The van der Waals surface area contributed by atoms with Crippen molar-refractivity contribution >= 4 is 21.6 Å². The summed E-state index contributed by atoms with van der Waals surface area (Å²) in [6.45, 7) is 3.40. The number of sulfonamides is 1. The zero-order valence-electron chi connectivity index (χ0n) is 15.7. The highest BCUT2D eigenvalue weighted by molar-refractivity contribution is 7.92. The maximum Gasteiger partial charge on any atom is 0.243 e. The number of hydrogen-bond donors (Lipinski definition) is 1. The molecule has 2 aromatic carbocycles. The first-order chi connectivity index (χ1) is 12.7. The quantitative estimate of drug-likeness (QED) is 0.751. The van der Waals surface area contributed by atoms with Gasteiger partial charge in [0, 0.05) is 6.04 Å². The van der Waals surface area contributed by atoms with Crippen molar-refractivity contribution in [1.29, 1.82) is 0 Å². The number of aryl methyl sites for hydroxylation is 1. The lowest BCUT2D eigenvalue weighted by Crippen LogP contribution is -2.50. The highest BCUT2D eigenvalue weighted by Gasteiger charge is 2.29. The normalized spacial score (nSPS) is 13.6. The molecule has 0 aromatic heterocycles. The van der Waals surface area contributed by atoms with E-state index in [1.807, 2.05) is 37.3 Å². The number of nitrogens with zero attached hydrogens (tertiary/aromatic N) is 1. The Kier molecular flexibility index (Phi) is 6.96. The number of amides is 1. The van der Waals surface area contributed by atoms with E-state index >= 15 is 0 Å². The summed E-state index contributed by atoms with van der Waals surface area (Å²) in [5, 5.41) is 2.86. The van der Waals surface area contributed by atoms with Gasteiger partial charge in [0.2, 0.25) is 15.9 Å². The molecule has 0 aliphatic carbocycles. The van der Waals surface area contributed by atoms with Gasteiger partial charge in [0.25, 0.3) is 0 Å². The number of halogens is 1. The second-order valence-electron chi connectivity index (χ2n) is 6.65. The third-order valence-corrected chi connectivity index (χ3v) is 5.51. The molecule has 7 heteroatoms. The zero-order valence-corrected chi connectivity index (χ0v) is 16.5. The molecule has 2 atom stereocenters. The van der Waals surface area contributed by atoms with Crippen LogP contribution in [0.3, 0.4) is 0 Å². The number of hydrogen-bond acceptors (Lipinski definition) is 3. The smallest absolute Gasteiger partial charge is 0.243 e. The molecule has 27 heavy (non-hydrogen) atoms. The van der Waals surface area contributed by atoms with Gasteiger partial charge in [-0.2, -0.15) is 0 Å². The van der Waals surface area contributed by atoms with Gasteiger partial charge in [-0.05, 0) is 56.5 Å². The molecule has 0 bridgehead atoms. The summed E-state index contributed by atoms with van der Waals surface area (Å²) in [4.78, 5) is 12.6. The molecule has 0 fully saturated rings. The minimum atomic E-state index is -3.72. The first-order valence-corrected chi connectivity index (χ1v) is 10.6. The molecule has 5 nitrogen and oxygen atoms in total. The Balaban J connectivity index is 2.04. The Morgan fingerprint density at radius 1 is 1.07 bits per heavy atom. The number of nitrogens with one attached hydrogen (secondary N) is 1. The summed E-state index contributed by atoms with van der Waals surface area (Å²) in [5.41, 5.74) is 1.43. The fourth-order valence-corrected chi connectivity index (χ4v) is 4.04. The molecule has 1 N–H and O–H groups in total. The topological polar surface area (TPSA) is 66.5 Å². The summed E-state index contributed by atoms with van der Waals surface area (Å²) in [6, 6.07) is 13.9. The minimum Gasteiger partial charge on any atom is -0.352 e. The van der Waals surface area contributed by atoms with Crippen LogP contribution in [0, 0.1) is 5.82 Å². The van der Waals surface area contributed by atoms with Gasteiger partial charge in [-0.15, -0.1) is 0 Å². The number of anilines is 1. The second kappa shape index (κ2) is 8.99. The Labute approximate surface area is 160 Å². The molecule has 0 radical (unpaired) electrons. The summed E-state index contributed by atoms with van der Waals surface area (Å²) in [5.74, 6) is -0.871. The summed E-state index contributed by atoms with van der Waals surface area (Å²) in [6.07, 6.45) is 2.57. The fraction of sp³-hybridized carbons (Fsp3) is 0.350. The molecule has 2 aromatic rings. The van der Waals surface area contributed by atoms with Gasteiger partial charge in [0.05, 0.1) is 11.9 Å². The van der Waals surface area contributed by atoms with E-state index in [-0.39, 0.29) is 11.7 Å². The SMILES string of the molecule is C[C@H](CCc1ccccc1)NC(=O)[C@@H](C)N(c1ccc(F)cc1)S(C)(=O)=O. The lowest BCUT2D eigenvalue weighted by Gasteiger charge is -2.29. The van der Waals surface area contributed by atoms with E-state index in [0.717, 1.165) is 23.4 Å². The molecule has 0 unspecified atom stereocenters. The van der Waals surface area contributed by atoms with Gasteiger partial charge >= 0.3 is 0 Å². The van der Waals surface area contributed by atoms with Crippen LogP contribution < -0.4 is 9.62 Å². The van der Waals surface area contributed by atoms with Crippen molar-refractivity contribution in [2.24, 2.45) is 0 Å². The lowest BCUT2D eigenvalue weighted by molar-refractivity contribution is -0.122. The van der Waals surface area contributed by atoms with Crippen LogP contribution in [0.2, 0.25) is 0 Å². The highest BCUT2D eigenvalue weighted by atomic mass is 32.2. The standard InChI is InChI=1S/C20H25FN2O3S/c1-15(9-10-17-7-5-4-6-8-17)22-20(24)16(2)23(27(3,25)26)19-13-11-18(21)12-14-19/h4-8,11-16H,9-10H2,1-3H3,(H,22,24)/t15-,16-/m1/s1. The van der Waals surface area contributed by atoms with Crippen LogP contribution in [0.15, 0.2) is 54.6 Å². The van der Waals surface area contributed by atoms with Crippen molar-refractivity contribution in [2.45, 2.75) is 38.8 Å². The predicted molar refractivity (Wildman–Crippen MR) is 106 cm³/mol. The second-order valence-corrected chi connectivity index (χ2v) is 8.50. The van der Waals surface area contributed by atoms with Gasteiger partial charge < -0.3 is 5.32 Å². The van der Waals surface area contributed by atoms with Crippen LogP contribution in [-0.4, -0.2) is 32.7 Å². The minimum absolute atomic E-state index is 0.116. The van der Waals surface area contributed by atoms with E-state index in [2.05, 4.69) is 5.32 Å². The van der Waals surface area contributed by atoms with Gasteiger partial charge in [0.1, 0.15) is 11.9 Å². The average Bonchev–Trinajstić information content (AvgIpc) is 2.61. The van der Waals surface area contributed by atoms with Crippen molar-refractivity contribution in [3.05, 3.63) is 66.0 Å². The molecule has 0 heterocycles. The first-order valence-electron chi connectivity index (χ1n) is 8.77. The monoisotopic (exact) mass is 392 g/mol. The number of benzene rings is 2. The first kappa shape index (κ1) is 20.9. The Morgan fingerprint density at radius 3 is 2.22 bits per heavy atom. The molecular formula is C20H25FN2O3S. The van der Waals surface area contributed by atoms with Crippen LogP contribution >= 0.6 is 0 Å². The van der Waals surface area contributed by atoms with Crippen molar-refractivity contribution in [3.8, 4) is 0 Å². The number of carbonyl (C=O) groups excluding carboxylic acids is 1. The predicted octanol–water partition coefficient (Wildman–Crippen LogP) is 3.12. The maximum atomic E-state index is 13.2. The fourth-order valence-electron chi connectivity index (χ4n) is 2.86. The van der Waals surface area contributed by atoms with Crippen molar-refractivity contribution in [1.82, 2.24) is 5.32 Å². The molecule has 0 spiro atoms. The van der Waals surface area contributed by atoms with Crippen LogP contribution in [0.4, 0.5) is 10.1 Å². The highest BCUT2D eigenvalue weighted by Crippen LogP contribution is 2.21. The zero-order chi connectivity index (χ0) is 20.0. The third kappa shape index (κ3) is 6.06.